The Morgan fingerprint density at radius 1 is 1.07 bits per heavy atom. The number of carbonyl (C=O) groups is 1. The Labute approximate surface area is 232 Å². The number of nitrogens with zero attached hydrogens (tertiary/aromatic N) is 1. The molecule has 3 aromatic carbocycles. The number of sulfonamides is 1. The molecule has 1 fully saturated rings. The van der Waals surface area contributed by atoms with E-state index in [4.69, 9.17) is 5.73 Å². The van der Waals surface area contributed by atoms with Gasteiger partial charge in [-0.15, -0.1) is 0 Å². The molecule has 0 unspecified atom stereocenters. The highest BCUT2D eigenvalue weighted by Gasteiger charge is 2.34. The largest absolute Gasteiger partial charge is 0.324 e. The maximum atomic E-state index is 14.9. The van der Waals surface area contributed by atoms with Crippen molar-refractivity contribution in [3.8, 4) is 11.1 Å². The lowest BCUT2D eigenvalue weighted by Crippen LogP contribution is -2.58. The second kappa shape index (κ2) is 12.5. The molecule has 11 heteroatoms. The highest BCUT2D eigenvalue weighted by molar-refractivity contribution is 7.88. The van der Waals surface area contributed by atoms with Crippen molar-refractivity contribution in [1.82, 2.24) is 9.62 Å². The molecule has 0 bridgehead atoms. The van der Waals surface area contributed by atoms with E-state index in [-0.39, 0.29) is 41.7 Å². The summed E-state index contributed by atoms with van der Waals surface area (Å²) in [7, 11) is -3.46. The standard InChI is InChI=1S/C29H33F3N4O3S/c1-18-16-34-17-22(36(18)40(2,38)39)10-12-24-25(31)7-4-8-28(24)35-29(37)27(33)14-19-9-11-23(26(32)13-19)20-5-3-6-21(30)15-20/h3-9,11,13,15,18,22,27,34H,10,12,14,16-17,33H2,1-2H3,(H,35,37)/t18-,22-,27-/m0/s1. The van der Waals surface area contributed by atoms with Crippen LogP contribution in [0.4, 0.5) is 18.9 Å². The van der Waals surface area contributed by atoms with Crippen LogP contribution in [0.3, 0.4) is 0 Å². The molecule has 3 atom stereocenters. The number of piperazine rings is 1. The highest BCUT2D eigenvalue weighted by atomic mass is 32.2. The third kappa shape index (κ3) is 7.08. The van der Waals surface area contributed by atoms with Crippen LogP contribution in [-0.2, 0) is 27.7 Å². The van der Waals surface area contributed by atoms with Gasteiger partial charge in [-0.3, -0.25) is 4.79 Å². The Bertz CT molecular complexity index is 1490. The topological polar surface area (TPSA) is 105 Å². The quantitative estimate of drug-likeness (QED) is 0.360. The van der Waals surface area contributed by atoms with E-state index in [2.05, 4.69) is 10.6 Å². The van der Waals surface area contributed by atoms with Crippen molar-refractivity contribution < 1.29 is 26.4 Å². The predicted molar refractivity (Wildman–Crippen MR) is 150 cm³/mol. The number of hydrogen-bond donors (Lipinski definition) is 3. The van der Waals surface area contributed by atoms with Gasteiger partial charge in [0.25, 0.3) is 0 Å². The van der Waals surface area contributed by atoms with Crippen molar-refractivity contribution in [2.75, 3.05) is 24.7 Å². The Hall–Kier alpha value is -3.25. The maximum Gasteiger partial charge on any atom is 0.241 e. The zero-order valence-corrected chi connectivity index (χ0v) is 23.1. The molecular formula is C29H33F3N4O3S. The molecule has 4 rings (SSSR count). The van der Waals surface area contributed by atoms with Crippen molar-refractivity contribution in [3.05, 3.63) is 89.2 Å². The molecule has 0 spiro atoms. The second-order valence-electron chi connectivity index (χ2n) is 10.2. The lowest BCUT2D eigenvalue weighted by Gasteiger charge is -2.39. The molecular weight excluding hydrogens is 541 g/mol. The predicted octanol–water partition coefficient (Wildman–Crippen LogP) is 3.83. The van der Waals surface area contributed by atoms with Gasteiger partial charge in [-0.05, 0) is 67.6 Å². The summed E-state index contributed by atoms with van der Waals surface area (Å²) in [6.45, 7) is 2.78. The summed E-state index contributed by atoms with van der Waals surface area (Å²) >= 11 is 0. The Morgan fingerprint density at radius 3 is 2.52 bits per heavy atom. The van der Waals surface area contributed by atoms with Gasteiger partial charge in [0.2, 0.25) is 15.9 Å². The van der Waals surface area contributed by atoms with Crippen molar-refractivity contribution in [2.24, 2.45) is 5.73 Å². The number of rotatable bonds is 9. The Kier molecular flexibility index (Phi) is 9.29. The van der Waals surface area contributed by atoms with E-state index >= 15 is 0 Å². The van der Waals surface area contributed by atoms with Crippen LogP contribution in [0.5, 0.6) is 0 Å². The molecule has 214 valence electrons. The van der Waals surface area contributed by atoms with E-state index in [9.17, 15) is 26.4 Å². The van der Waals surface area contributed by atoms with E-state index in [1.54, 1.807) is 18.2 Å². The van der Waals surface area contributed by atoms with Crippen LogP contribution >= 0.6 is 0 Å². The van der Waals surface area contributed by atoms with Crippen LogP contribution in [-0.4, -0.2) is 56.1 Å². The number of anilines is 1. The summed E-state index contributed by atoms with van der Waals surface area (Å²) in [4.78, 5) is 12.9. The summed E-state index contributed by atoms with van der Waals surface area (Å²) in [6.07, 6.45) is 1.72. The van der Waals surface area contributed by atoms with E-state index in [0.29, 0.717) is 30.6 Å². The molecule has 3 aromatic rings. The Morgan fingerprint density at radius 2 is 1.82 bits per heavy atom. The monoisotopic (exact) mass is 574 g/mol. The minimum absolute atomic E-state index is 0.0196. The molecule has 0 saturated carbocycles. The minimum atomic E-state index is -3.46. The lowest BCUT2D eigenvalue weighted by atomic mass is 9.99. The number of halogens is 3. The van der Waals surface area contributed by atoms with Gasteiger partial charge in [-0.2, -0.15) is 4.31 Å². The summed E-state index contributed by atoms with van der Waals surface area (Å²) < 4.78 is 69.4. The fourth-order valence-corrected chi connectivity index (χ4v) is 6.66. The summed E-state index contributed by atoms with van der Waals surface area (Å²) in [5, 5.41) is 5.89. The zero-order chi connectivity index (χ0) is 29.0. The van der Waals surface area contributed by atoms with Gasteiger partial charge in [0.1, 0.15) is 17.5 Å². The Balaban J connectivity index is 1.44. The average Bonchev–Trinajstić information content (AvgIpc) is 2.87. The summed E-state index contributed by atoms with van der Waals surface area (Å²) in [5.74, 6) is -2.15. The van der Waals surface area contributed by atoms with Crippen LogP contribution in [0.15, 0.2) is 60.7 Å². The summed E-state index contributed by atoms with van der Waals surface area (Å²) in [6, 6.07) is 12.6. The van der Waals surface area contributed by atoms with E-state index < -0.39 is 39.4 Å². The fourth-order valence-electron chi connectivity index (χ4n) is 5.21. The molecule has 0 aromatic heterocycles. The number of amides is 1. The highest BCUT2D eigenvalue weighted by Crippen LogP contribution is 2.26. The molecule has 7 nitrogen and oxygen atoms in total. The SMILES string of the molecule is C[C@H]1CNC[C@H](CCc2c(F)cccc2NC(=O)[C@@H](N)Cc2ccc(-c3cccc(F)c3)c(F)c2)N1S(C)(=O)=O. The minimum Gasteiger partial charge on any atom is -0.324 e. The van der Waals surface area contributed by atoms with E-state index in [1.165, 1.54) is 53.0 Å². The van der Waals surface area contributed by atoms with Crippen LogP contribution in [0.1, 0.15) is 24.5 Å². The van der Waals surface area contributed by atoms with Crippen LogP contribution in [0.2, 0.25) is 0 Å². The molecule has 1 aliphatic rings. The molecule has 0 radical (unpaired) electrons. The lowest BCUT2D eigenvalue weighted by molar-refractivity contribution is -0.117. The van der Waals surface area contributed by atoms with Gasteiger partial charge in [-0.25, -0.2) is 21.6 Å². The number of nitrogens with two attached hydrogens (primary N) is 1. The van der Waals surface area contributed by atoms with Gasteiger partial charge in [0.05, 0.1) is 12.3 Å². The molecule has 1 heterocycles. The van der Waals surface area contributed by atoms with Crippen LogP contribution in [0, 0.1) is 17.5 Å². The summed E-state index contributed by atoms with van der Waals surface area (Å²) in [5.41, 5.74) is 7.70. The van der Waals surface area contributed by atoms with Crippen LogP contribution < -0.4 is 16.4 Å². The normalized spacial score (nSPS) is 18.9. The first kappa shape index (κ1) is 29.7. The van der Waals surface area contributed by atoms with Gasteiger partial charge in [-0.1, -0.05) is 30.3 Å². The molecule has 1 saturated heterocycles. The van der Waals surface area contributed by atoms with Crippen molar-refractivity contribution >= 4 is 21.6 Å². The van der Waals surface area contributed by atoms with E-state index in [1.807, 2.05) is 6.92 Å². The van der Waals surface area contributed by atoms with Crippen molar-refractivity contribution in [3.63, 3.8) is 0 Å². The van der Waals surface area contributed by atoms with Gasteiger partial charge in [0.15, 0.2) is 0 Å². The average molecular weight is 575 g/mol. The van der Waals surface area contributed by atoms with Gasteiger partial charge < -0.3 is 16.4 Å². The fraction of sp³-hybridized carbons (Fsp3) is 0.345. The number of benzene rings is 3. The maximum absolute atomic E-state index is 14.9. The van der Waals surface area contributed by atoms with Crippen LogP contribution in [0.25, 0.3) is 11.1 Å². The molecule has 1 aliphatic heterocycles. The first-order valence-corrected chi connectivity index (χ1v) is 14.9. The first-order chi connectivity index (χ1) is 18.9. The third-order valence-corrected chi connectivity index (χ3v) is 8.49. The van der Waals surface area contributed by atoms with Crippen molar-refractivity contribution in [1.29, 1.82) is 0 Å². The van der Waals surface area contributed by atoms with Gasteiger partial charge >= 0.3 is 0 Å². The number of hydrogen-bond acceptors (Lipinski definition) is 5. The smallest absolute Gasteiger partial charge is 0.241 e. The van der Waals surface area contributed by atoms with Crippen molar-refractivity contribution in [2.45, 2.75) is 44.3 Å². The molecule has 4 N–H and O–H groups in total. The zero-order valence-electron chi connectivity index (χ0n) is 22.3. The molecule has 1 amide bonds. The molecule has 40 heavy (non-hydrogen) atoms. The second-order valence-corrected chi connectivity index (χ2v) is 12.1. The number of carbonyl (C=O) groups excluding carboxylic acids is 1. The molecule has 0 aliphatic carbocycles. The van der Waals surface area contributed by atoms with Gasteiger partial charge in [0, 0.05) is 42.0 Å². The van der Waals surface area contributed by atoms with E-state index in [0.717, 1.165) is 0 Å². The third-order valence-electron chi connectivity index (χ3n) is 7.06. The number of nitrogens with one attached hydrogen (secondary N) is 2. The first-order valence-electron chi connectivity index (χ1n) is 13.0.